The highest BCUT2D eigenvalue weighted by molar-refractivity contribution is 5.94. The Labute approximate surface area is 161 Å². The zero-order chi connectivity index (χ0) is 19.8. The summed E-state index contributed by atoms with van der Waals surface area (Å²) in [6.07, 6.45) is 4.64. The van der Waals surface area contributed by atoms with Crippen molar-refractivity contribution in [2.45, 2.75) is 59.9 Å². The molecule has 5 nitrogen and oxygen atoms in total. The molecule has 0 amide bonds. The zero-order valence-corrected chi connectivity index (χ0v) is 17.1. The predicted octanol–water partition coefficient (Wildman–Crippen LogP) is 3.00. The van der Waals surface area contributed by atoms with Gasteiger partial charge >= 0.3 is 5.97 Å². The number of benzene rings is 1. The van der Waals surface area contributed by atoms with Crippen LogP contribution in [-0.2, 0) is 11.3 Å². The van der Waals surface area contributed by atoms with E-state index in [2.05, 4.69) is 18.8 Å². The molecule has 0 atom stereocenters. The number of H-pyrrole nitrogens is 1. The van der Waals surface area contributed by atoms with Gasteiger partial charge in [0, 0.05) is 16.6 Å². The Balaban J connectivity index is 2.39. The van der Waals surface area contributed by atoms with Gasteiger partial charge in [-0.25, -0.2) is 4.79 Å². The van der Waals surface area contributed by atoms with Crippen LogP contribution in [0, 0.1) is 6.92 Å². The van der Waals surface area contributed by atoms with E-state index < -0.39 is 0 Å². The van der Waals surface area contributed by atoms with Crippen molar-refractivity contribution < 1.29 is 14.4 Å². The Hall–Kier alpha value is -2.14. The average Bonchev–Trinajstić information content (AvgIpc) is 2.66. The van der Waals surface area contributed by atoms with Gasteiger partial charge in [-0.3, -0.25) is 4.79 Å². The summed E-state index contributed by atoms with van der Waals surface area (Å²) in [6, 6.07) is 5.15. The summed E-state index contributed by atoms with van der Waals surface area (Å²) in [7, 11) is 0. The molecule has 0 radical (unpaired) electrons. The Kier molecular flexibility index (Phi) is 8.04. The second kappa shape index (κ2) is 10.3. The molecular weight excluding hydrogens is 340 g/mol. The number of aryl methyl sites for hydroxylation is 1. The monoisotopic (exact) mass is 373 g/mol. The third kappa shape index (κ3) is 5.42. The molecule has 0 aliphatic carbocycles. The quantitative estimate of drug-likeness (QED) is 0.629. The maximum absolute atomic E-state index is 13.2. The first-order valence-electron chi connectivity index (χ1n) is 10.2. The zero-order valence-electron chi connectivity index (χ0n) is 17.1. The third-order valence-corrected chi connectivity index (χ3v) is 5.02. The molecular formula is C22H33N2O3+. The van der Waals surface area contributed by atoms with Crippen molar-refractivity contribution in [3.8, 4) is 0 Å². The Morgan fingerprint density at radius 2 is 1.78 bits per heavy atom. The van der Waals surface area contributed by atoms with Crippen LogP contribution in [0.5, 0.6) is 0 Å². The van der Waals surface area contributed by atoms with E-state index in [1.54, 1.807) is 25.1 Å². The van der Waals surface area contributed by atoms with E-state index in [1.807, 2.05) is 6.92 Å². The van der Waals surface area contributed by atoms with Crippen molar-refractivity contribution in [1.29, 1.82) is 0 Å². The molecule has 27 heavy (non-hydrogen) atoms. The van der Waals surface area contributed by atoms with E-state index in [4.69, 9.17) is 4.74 Å². The van der Waals surface area contributed by atoms with Crippen LogP contribution >= 0.6 is 0 Å². The number of fused-ring (bicyclic) bond motifs is 1. The topological polar surface area (TPSA) is 63.6 Å². The van der Waals surface area contributed by atoms with E-state index in [0.29, 0.717) is 17.6 Å². The summed E-state index contributed by atoms with van der Waals surface area (Å²) in [4.78, 5) is 30.0. The van der Waals surface area contributed by atoms with Crippen LogP contribution in [0.4, 0.5) is 0 Å². The lowest BCUT2D eigenvalue weighted by atomic mass is 10.1. The molecule has 0 bridgehead atoms. The molecule has 0 spiro atoms. The number of aromatic amines is 1. The molecule has 0 aliphatic heterocycles. The molecule has 1 heterocycles. The summed E-state index contributed by atoms with van der Waals surface area (Å²) in [6.45, 7) is 11.3. The van der Waals surface area contributed by atoms with Crippen molar-refractivity contribution in [3.05, 3.63) is 45.2 Å². The van der Waals surface area contributed by atoms with E-state index in [9.17, 15) is 9.59 Å². The van der Waals surface area contributed by atoms with Gasteiger partial charge in [-0.15, -0.1) is 0 Å². The number of hydrogen-bond acceptors (Lipinski definition) is 3. The lowest BCUT2D eigenvalue weighted by molar-refractivity contribution is -0.914. The highest BCUT2D eigenvalue weighted by Crippen LogP contribution is 2.14. The number of esters is 1. The van der Waals surface area contributed by atoms with Gasteiger partial charge in [0.15, 0.2) is 5.43 Å². The Morgan fingerprint density at radius 1 is 1.11 bits per heavy atom. The van der Waals surface area contributed by atoms with Crippen molar-refractivity contribution in [1.82, 2.24) is 4.98 Å². The number of ether oxygens (including phenoxy) is 1. The molecule has 1 aromatic heterocycles. The fraction of sp³-hybridized carbons (Fsp3) is 0.545. The maximum Gasteiger partial charge on any atom is 0.338 e. The highest BCUT2D eigenvalue weighted by Gasteiger charge is 2.17. The summed E-state index contributed by atoms with van der Waals surface area (Å²) in [5.74, 6) is -0.390. The molecule has 0 unspecified atom stereocenters. The van der Waals surface area contributed by atoms with Gasteiger partial charge < -0.3 is 14.6 Å². The molecule has 0 saturated carbocycles. The lowest BCUT2D eigenvalue weighted by Gasteiger charge is -2.20. The number of unbranched alkanes of at least 4 members (excludes halogenated alkanes) is 2. The molecule has 5 heteroatoms. The van der Waals surface area contributed by atoms with Crippen molar-refractivity contribution in [2.75, 3.05) is 19.7 Å². The molecule has 0 saturated heterocycles. The van der Waals surface area contributed by atoms with Crippen LogP contribution in [0.3, 0.4) is 0 Å². The second-order valence-corrected chi connectivity index (χ2v) is 7.17. The molecule has 0 aliphatic rings. The molecule has 2 rings (SSSR count). The Morgan fingerprint density at radius 3 is 2.37 bits per heavy atom. The summed E-state index contributed by atoms with van der Waals surface area (Å²) in [5.41, 5.74) is 2.95. The van der Waals surface area contributed by atoms with Gasteiger partial charge in [0.05, 0.1) is 30.8 Å². The number of rotatable bonds is 10. The first-order valence-corrected chi connectivity index (χ1v) is 10.2. The van der Waals surface area contributed by atoms with Gasteiger partial charge in [0.2, 0.25) is 0 Å². The first-order chi connectivity index (χ1) is 13.0. The van der Waals surface area contributed by atoms with Crippen LogP contribution in [0.15, 0.2) is 23.0 Å². The smallest absolute Gasteiger partial charge is 0.338 e. The van der Waals surface area contributed by atoms with Gasteiger partial charge in [-0.2, -0.15) is 0 Å². The summed E-state index contributed by atoms with van der Waals surface area (Å²) in [5, 5.41) is 0.562. The van der Waals surface area contributed by atoms with Gasteiger partial charge in [-0.1, -0.05) is 26.7 Å². The summed E-state index contributed by atoms with van der Waals surface area (Å²) >= 11 is 0. The molecule has 148 valence electrons. The minimum Gasteiger partial charge on any atom is -0.462 e. The van der Waals surface area contributed by atoms with E-state index in [0.717, 1.165) is 62.1 Å². The van der Waals surface area contributed by atoms with Crippen LogP contribution in [0.25, 0.3) is 10.9 Å². The molecule has 0 fully saturated rings. The Bertz CT molecular complexity index is 818. The largest absolute Gasteiger partial charge is 0.462 e. The van der Waals surface area contributed by atoms with Gasteiger partial charge in [0.25, 0.3) is 0 Å². The lowest BCUT2D eigenvalue weighted by Crippen LogP contribution is -3.10. The normalized spacial score (nSPS) is 11.3. The third-order valence-electron chi connectivity index (χ3n) is 5.02. The molecule has 2 N–H and O–H groups in total. The number of pyridine rings is 1. The van der Waals surface area contributed by atoms with Crippen LogP contribution < -0.4 is 10.3 Å². The number of carbonyl (C=O) groups excluding carboxylic acids is 1. The highest BCUT2D eigenvalue weighted by atomic mass is 16.5. The van der Waals surface area contributed by atoms with Crippen LogP contribution in [0.1, 0.15) is 68.1 Å². The number of quaternary nitrogens is 1. The standard InChI is InChI=1S/C22H32N2O3/c1-5-8-12-24(13-9-6-2)15-19-16(4)23-20-11-10-17(22(26)27-7-3)14-18(20)21(19)25/h10-11,14H,5-9,12-13,15H2,1-4H3,(H,23,25)/p+1. The summed E-state index contributed by atoms with van der Waals surface area (Å²) < 4.78 is 5.07. The number of hydrogen-bond donors (Lipinski definition) is 2. The van der Waals surface area contributed by atoms with Crippen molar-refractivity contribution in [3.63, 3.8) is 0 Å². The fourth-order valence-corrected chi connectivity index (χ4v) is 3.41. The van der Waals surface area contributed by atoms with Gasteiger partial charge in [0.1, 0.15) is 6.54 Å². The number of nitrogens with one attached hydrogen (secondary N) is 2. The number of aromatic nitrogens is 1. The predicted molar refractivity (Wildman–Crippen MR) is 109 cm³/mol. The van der Waals surface area contributed by atoms with E-state index in [1.165, 1.54) is 4.90 Å². The average molecular weight is 374 g/mol. The maximum atomic E-state index is 13.2. The van der Waals surface area contributed by atoms with E-state index >= 15 is 0 Å². The number of carbonyl (C=O) groups is 1. The van der Waals surface area contributed by atoms with Crippen molar-refractivity contribution in [2.24, 2.45) is 0 Å². The fourth-order valence-electron chi connectivity index (χ4n) is 3.41. The second-order valence-electron chi connectivity index (χ2n) is 7.17. The first kappa shape index (κ1) is 21.2. The van der Waals surface area contributed by atoms with E-state index in [-0.39, 0.29) is 11.4 Å². The minimum absolute atomic E-state index is 0.0258. The van der Waals surface area contributed by atoms with Crippen LogP contribution in [-0.4, -0.2) is 30.6 Å². The van der Waals surface area contributed by atoms with Crippen LogP contribution in [0.2, 0.25) is 0 Å². The molecule has 1 aromatic carbocycles. The molecule has 2 aromatic rings. The van der Waals surface area contributed by atoms with Crippen molar-refractivity contribution >= 4 is 16.9 Å². The SMILES string of the molecule is CCCC[NH+](CCCC)Cc1c(C)[nH]c2ccc(C(=O)OCC)cc2c1=O. The minimum atomic E-state index is -0.390. The van der Waals surface area contributed by atoms with Gasteiger partial charge in [-0.05, 0) is 44.9 Å².